The first-order valence-corrected chi connectivity index (χ1v) is 42.0. The third-order valence-electron chi connectivity index (χ3n) is 17.5. The third-order valence-corrected chi connectivity index (χ3v) is 19.4. The maximum absolute atomic E-state index is 13.1. The van der Waals surface area contributed by atoms with E-state index in [-0.39, 0.29) is 25.7 Å². The highest BCUT2D eigenvalue weighted by molar-refractivity contribution is 7.47. The average Bonchev–Trinajstić information content (AvgIpc) is 1.67. The molecule has 0 spiro atoms. The summed E-state index contributed by atoms with van der Waals surface area (Å²) in [4.78, 5) is 72.4. The number of carbonyl (C=O) groups is 4. The molecule has 3 N–H and O–H groups in total. The highest BCUT2D eigenvalue weighted by atomic mass is 31.2. The summed E-state index contributed by atoms with van der Waals surface area (Å²) >= 11 is 0. The maximum Gasteiger partial charge on any atom is 0.472 e. The van der Waals surface area contributed by atoms with Crippen LogP contribution in [0.25, 0.3) is 0 Å². The van der Waals surface area contributed by atoms with Gasteiger partial charge in [-0.15, -0.1) is 0 Å². The van der Waals surface area contributed by atoms with Gasteiger partial charge in [-0.3, -0.25) is 37.3 Å². The lowest BCUT2D eigenvalue weighted by atomic mass is 10.0. The van der Waals surface area contributed by atoms with Crippen LogP contribution in [0.5, 0.6) is 0 Å². The molecular weight excluding hydrogens is 1230 g/mol. The van der Waals surface area contributed by atoms with Gasteiger partial charge in [0.25, 0.3) is 0 Å². The Labute approximate surface area is 575 Å². The third kappa shape index (κ3) is 68.6. The van der Waals surface area contributed by atoms with Crippen LogP contribution in [0, 0.1) is 11.8 Å². The zero-order chi connectivity index (χ0) is 69.3. The Morgan fingerprint density at radius 1 is 0.287 bits per heavy atom. The van der Waals surface area contributed by atoms with Crippen molar-refractivity contribution in [2.24, 2.45) is 11.8 Å². The minimum absolute atomic E-state index is 0.106. The Balaban J connectivity index is 5.12. The first-order valence-electron chi connectivity index (χ1n) is 39.0. The normalized spacial score (nSPS) is 14.0. The fraction of sp³-hybridized carbons (Fsp3) is 0.947. The second kappa shape index (κ2) is 66.9. The number of phosphoric ester groups is 2. The molecule has 0 aliphatic carbocycles. The highest BCUT2D eigenvalue weighted by Crippen LogP contribution is 2.45. The first-order chi connectivity index (χ1) is 45.4. The van der Waals surface area contributed by atoms with Gasteiger partial charge in [0.2, 0.25) is 0 Å². The molecule has 5 atom stereocenters. The summed E-state index contributed by atoms with van der Waals surface area (Å²) in [5.74, 6) is -0.509. The second-order valence-corrected chi connectivity index (χ2v) is 30.9. The number of carbonyl (C=O) groups excluding carboxylic acids is 4. The van der Waals surface area contributed by atoms with Gasteiger partial charge < -0.3 is 33.8 Å². The van der Waals surface area contributed by atoms with Gasteiger partial charge in [-0.05, 0) is 37.5 Å². The molecule has 94 heavy (non-hydrogen) atoms. The number of phosphoric acid groups is 2. The van der Waals surface area contributed by atoms with Crippen molar-refractivity contribution in [3.8, 4) is 0 Å². The predicted molar refractivity (Wildman–Crippen MR) is 381 cm³/mol. The van der Waals surface area contributed by atoms with Crippen LogP contribution in [0.4, 0.5) is 0 Å². The Kier molecular flexibility index (Phi) is 65.5. The van der Waals surface area contributed by atoms with E-state index in [1.54, 1.807) is 0 Å². The largest absolute Gasteiger partial charge is 0.472 e. The molecule has 0 amide bonds. The quantitative estimate of drug-likeness (QED) is 0.0222. The van der Waals surface area contributed by atoms with E-state index >= 15 is 0 Å². The van der Waals surface area contributed by atoms with Crippen molar-refractivity contribution in [1.29, 1.82) is 0 Å². The van der Waals surface area contributed by atoms with Crippen molar-refractivity contribution in [1.82, 2.24) is 0 Å². The standard InChI is InChI=1S/C75H146O17P2/c1-7-9-11-13-14-15-28-36-41-47-53-59-74(79)91-70(63-85-72(77)57-51-43-12-10-8-2)65-89-93(81,82)87-61-69(76)62-88-94(83,84)90-66-71(64-86-73(78)58-52-46-40-35-31-26-23-22-25-30-34-39-45-50-56-68(5)6)92-75(80)60-54-48-42-37-32-27-21-19-17-16-18-20-24-29-33-38-44-49-55-67(3)4/h67-71,76H,7-66H2,1-6H3,(H,81,82)(H,83,84)/t69-,70+,71+/m0/s1. The van der Waals surface area contributed by atoms with Crippen LogP contribution in [0.3, 0.4) is 0 Å². The highest BCUT2D eigenvalue weighted by Gasteiger charge is 2.30. The summed E-state index contributed by atoms with van der Waals surface area (Å²) < 4.78 is 68.2. The van der Waals surface area contributed by atoms with E-state index in [4.69, 9.17) is 37.0 Å². The molecule has 0 rings (SSSR count). The smallest absolute Gasteiger partial charge is 0.462 e. The molecule has 0 heterocycles. The molecule has 0 aromatic carbocycles. The van der Waals surface area contributed by atoms with Crippen LogP contribution >= 0.6 is 15.6 Å². The summed E-state index contributed by atoms with van der Waals surface area (Å²) in [6, 6.07) is 0. The van der Waals surface area contributed by atoms with Crippen molar-refractivity contribution in [3.63, 3.8) is 0 Å². The number of rotatable bonds is 74. The summed E-state index contributed by atoms with van der Waals surface area (Å²) in [7, 11) is -9.90. The number of hydrogen-bond acceptors (Lipinski definition) is 15. The van der Waals surface area contributed by atoms with E-state index in [1.807, 2.05) is 0 Å². The zero-order valence-electron chi connectivity index (χ0n) is 61.3. The Morgan fingerprint density at radius 2 is 0.489 bits per heavy atom. The van der Waals surface area contributed by atoms with Crippen LogP contribution in [0.2, 0.25) is 0 Å². The van der Waals surface area contributed by atoms with Crippen LogP contribution < -0.4 is 0 Å². The van der Waals surface area contributed by atoms with Crippen molar-refractivity contribution >= 4 is 39.5 Å². The van der Waals surface area contributed by atoms with Crippen LogP contribution in [0.15, 0.2) is 0 Å². The Hall–Kier alpha value is -1.94. The molecule has 0 aliphatic rings. The van der Waals surface area contributed by atoms with Crippen molar-refractivity contribution in [3.05, 3.63) is 0 Å². The number of esters is 4. The molecule has 0 saturated heterocycles. The van der Waals surface area contributed by atoms with E-state index in [0.29, 0.717) is 25.7 Å². The molecule has 558 valence electrons. The molecule has 17 nitrogen and oxygen atoms in total. The topological polar surface area (TPSA) is 237 Å². The molecule has 0 fully saturated rings. The van der Waals surface area contributed by atoms with Gasteiger partial charge in [0, 0.05) is 25.7 Å². The van der Waals surface area contributed by atoms with Crippen molar-refractivity contribution in [2.75, 3.05) is 39.6 Å². The van der Waals surface area contributed by atoms with E-state index < -0.39 is 97.5 Å². The van der Waals surface area contributed by atoms with Crippen molar-refractivity contribution < 1.29 is 80.2 Å². The number of ether oxygens (including phenoxy) is 4. The van der Waals surface area contributed by atoms with Crippen LogP contribution in [-0.2, 0) is 65.4 Å². The van der Waals surface area contributed by atoms with Crippen LogP contribution in [-0.4, -0.2) is 96.7 Å². The molecule has 0 aliphatic heterocycles. The van der Waals surface area contributed by atoms with Gasteiger partial charge in [0.1, 0.15) is 19.3 Å². The number of aliphatic hydroxyl groups is 1. The van der Waals surface area contributed by atoms with Gasteiger partial charge >= 0.3 is 39.5 Å². The van der Waals surface area contributed by atoms with Gasteiger partial charge in [-0.25, -0.2) is 9.13 Å². The summed E-state index contributed by atoms with van der Waals surface area (Å²) in [5, 5.41) is 10.6. The molecule has 0 bridgehead atoms. The SMILES string of the molecule is CCCCCCCCCCCCCC(=O)O[C@H](COC(=O)CCCCCCC)COP(=O)(O)OC[C@H](O)COP(=O)(O)OC[C@@H](COC(=O)CCCCCCCCCCCCCCCCC(C)C)OC(=O)CCCCCCCCCCCCCCCCCCCCC(C)C. The van der Waals surface area contributed by atoms with Crippen LogP contribution in [0.1, 0.15) is 388 Å². The van der Waals surface area contributed by atoms with Gasteiger partial charge in [0.15, 0.2) is 12.2 Å². The first kappa shape index (κ1) is 92.1. The molecule has 0 aromatic rings. The molecular formula is C75H146O17P2. The lowest BCUT2D eigenvalue weighted by Crippen LogP contribution is -2.30. The minimum Gasteiger partial charge on any atom is -0.462 e. The molecule has 0 aromatic heterocycles. The number of unbranched alkanes of at least 4 members (excludes halogenated alkanes) is 44. The lowest BCUT2D eigenvalue weighted by Gasteiger charge is -2.21. The Bertz CT molecular complexity index is 1820. The van der Waals surface area contributed by atoms with E-state index in [0.717, 1.165) is 108 Å². The predicted octanol–water partition coefficient (Wildman–Crippen LogP) is 21.9. The van der Waals surface area contributed by atoms with Gasteiger partial charge in [-0.2, -0.15) is 0 Å². The number of hydrogen-bond donors (Lipinski definition) is 3. The summed E-state index contributed by atoms with van der Waals surface area (Å²) in [6.07, 6.45) is 54.6. The fourth-order valence-corrected chi connectivity index (χ4v) is 13.1. The molecule has 19 heteroatoms. The van der Waals surface area contributed by atoms with E-state index in [9.17, 15) is 43.2 Å². The van der Waals surface area contributed by atoms with Gasteiger partial charge in [-0.1, -0.05) is 337 Å². The Morgan fingerprint density at radius 3 is 0.723 bits per heavy atom. The molecule has 0 saturated carbocycles. The monoisotopic (exact) mass is 1380 g/mol. The maximum atomic E-state index is 13.1. The molecule has 0 radical (unpaired) electrons. The van der Waals surface area contributed by atoms with E-state index in [2.05, 4.69) is 41.5 Å². The molecule has 2 unspecified atom stereocenters. The fourth-order valence-electron chi connectivity index (χ4n) is 11.5. The summed E-state index contributed by atoms with van der Waals surface area (Å²) in [5.41, 5.74) is 0. The summed E-state index contributed by atoms with van der Waals surface area (Å²) in [6.45, 7) is 9.55. The minimum atomic E-state index is -4.95. The lowest BCUT2D eigenvalue weighted by molar-refractivity contribution is -0.161. The average molecular weight is 1380 g/mol. The van der Waals surface area contributed by atoms with E-state index in [1.165, 1.54) is 199 Å². The van der Waals surface area contributed by atoms with Crippen molar-refractivity contribution in [2.45, 2.75) is 407 Å². The second-order valence-electron chi connectivity index (χ2n) is 28.0. The van der Waals surface area contributed by atoms with Gasteiger partial charge in [0.05, 0.1) is 26.4 Å². The zero-order valence-corrected chi connectivity index (χ0v) is 63.1. The number of aliphatic hydroxyl groups excluding tert-OH is 1.